The highest BCUT2D eigenvalue weighted by Crippen LogP contribution is 2.19. The second kappa shape index (κ2) is 7.49. The number of anilines is 2. The number of carbonyl (C=O) groups excluding carboxylic acids is 2. The van der Waals surface area contributed by atoms with Crippen molar-refractivity contribution in [1.82, 2.24) is 0 Å². The highest BCUT2D eigenvalue weighted by Gasteiger charge is 2.15. The topological polar surface area (TPSA) is 58.2 Å². The van der Waals surface area contributed by atoms with Crippen LogP contribution in [0.2, 0.25) is 0 Å². The Morgan fingerprint density at radius 1 is 0.913 bits per heavy atom. The zero-order chi connectivity index (χ0) is 16.8. The summed E-state index contributed by atoms with van der Waals surface area (Å²) in [6.45, 7) is 1.94. The van der Waals surface area contributed by atoms with Gasteiger partial charge >= 0.3 is 0 Å². The van der Waals surface area contributed by atoms with Gasteiger partial charge in [0.05, 0.1) is 0 Å². The maximum absolute atomic E-state index is 13.4. The summed E-state index contributed by atoms with van der Waals surface area (Å²) >= 11 is 0. The van der Waals surface area contributed by atoms with Gasteiger partial charge in [0.25, 0.3) is 0 Å². The maximum atomic E-state index is 13.4. The summed E-state index contributed by atoms with van der Waals surface area (Å²) < 4.78 is 26.9. The standard InChI is InChI=1S/C17H16F2N2O2/c1-2-11-6-3-4-9-14(11)20-15(22)10-16(23)21-17-12(18)7-5-8-13(17)19/h3-9H,2,10H2,1H3,(H,20,22)(H,21,23). The summed E-state index contributed by atoms with van der Waals surface area (Å²) in [6.07, 6.45) is 0.189. The molecule has 0 aliphatic heterocycles. The van der Waals surface area contributed by atoms with Crippen molar-refractivity contribution in [3.8, 4) is 0 Å². The molecule has 2 rings (SSSR count). The Morgan fingerprint density at radius 3 is 2.17 bits per heavy atom. The predicted octanol–water partition coefficient (Wildman–Crippen LogP) is 3.49. The normalized spacial score (nSPS) is 10.2. The van der Waals surface area contributed by atoms with Crippen LogP contribution >= 0.6 is 0 Å². The van der Waals surface area contributed by atoms with E-state index in [2.05, 4.69) is 10.6 Å². The number of hydrogen-bond acceptors (Lipinski definition) is 2. The first-order valence-corrected chi connectivity index (χ1v) is 7.13. The SMILES string of the molecule is CCc1ccccc1NC(=O)CC(=O)Nc1c(F)cccc1F. The molecule has 0 fully saturated rings. The lowest BCUT2D eigenvalue weighted by Gasteiger charge is -2.10. The van der Waals surface area contributed by atoms with Gasteiger partial charge in [-0.05, 0) is 30.2 Å². The lowest BCUT2D eigenvalue weighted by Crippen LogP contribution is -2.22. The minimum absolute atomic E-state index is 0.536. The zero-order valence-electron chi connectivity index (χ0n) is 12.5. The van der Waals surface area contributed by atoms with Crippen molar-refractivity contribution >= 4 is 23.2 Å². The zero-order valence-corrected chi connectivity index (χ0v) is 12.5. The predicted molar refractivity (Wildman–Crippen MR) is 84.1 cm³/mol. The Morgan fingerprint density at radius 2 is 1.52 bits per heavy atom. The average molecular weight is 318 g/mol. The molecule has 0 saturated heterocycles. The fraction of sp³-hybridized carbons (Fsp3) is 0.176. The van der Waals surface area contributed by atoms with E-state index in [0.717, 1.165) is 24.1 Å². The van der Waals surface area contributed by atoms with Crippen molar-refractivity contribution < 1.29 is 18.4 Å². The molecule has 120 valence electrons. The number of aryl methyl sites for hydroxylation is 1. The van der Waals surface area contributed by atoms with Gasteiger partial charge in [-0.1, -0.05) is 31.2 Å². The summed E-state index contributed by atoms with van der Waals surface area (Å²) in [5, 5.41) is 4.69. The molecule has 0 unspecified atom stereocenters. The lowest BCUT2D eigenvalue weighted by molar-refractivity contribution is -0.123. The molecule has 2 aromatic rings. The van der Waals surface area contributed by atoms with E-state index in [1.807, 2.05) is 19.1 Å². The first kappa shape index (κ1) is 16.6. The van der Waals surface area contributed by atoms with E-state index in [1.165, 1.54) is 6.07 Å². The van der Waals surface area contributed by atoms with Gasteiger partial charge < -0.3 is 10.6 Å². The highest BCUT2D eigenvalue weighted by atomic mass is 19.1. The van der Waals surface area contributed by atoms with Gasteiger partial charge in [0.15, 0.2) is 0 Å². The van der Waals surface area contributed by atoms with E-state index in [0.29, 0.717) is 5.69 Å². The summed E-state index contributed by atoms with van der Waals surface area (Å²) in [4.78, 5) is 23.7. The number of halogens is 2. The van der Waals surface area contributed by atoms with E-state index < -0.39 is 35.6 Å². The van der Waals surface area contributed by atoms with Crippen LogP contribution in [0, 0.1) is 11.6 Å². The van der Waals surface area contributed by atoms with Crippen LogP contribution in [0.1, 0.15) is 18.9 Å². The molecule has 0 aromatic heterocycles. The van der Waals surface area contributed by atoms with Crippen LogP contribution in [0.4, 0.5) is 20.2 Å². The smallest absolute Gasteiger partial charge is 0.233 e. The summed E-state index contributed by atoms with van der Waals surface area (Å²) in [7, 11) is 0. The molecule has 4 nitrogen and oxygen atoms in total. The Kier molecular flexibility index (Phi) is 5.41. The van der Waals surface area contributed by atoms with E-state index >= 15 is 0 Å². The molecule has 0 bridgehead atoms. The molecular formula is C17H16F2N2O2. The molecule has 2 amide bonds. The van der Waals surface area contributed by atoms with E-state index in [9.17, 15) is 18.4 Å². The molecule has 0 aliphatic rings. The highest BCUT2D eigenvalue weighted by molar-refractivity contribution is 6.08. The van der Waals surface area contributed by atoms with E-state index in [-0.39, 0.29) is 0 Å². The Labute approximate surface area is 132 Å². The Bertz CT molecular complexity index is 712. The molecule has 0 saturated carbocycles. The molecule has 0 atom stereocenters. The Hall–Kier alpha value is -2.76. The number of amides is 2. The minimum atomic E-state index is -0.893. The molecule has 0 aliphatic carbocycles. The van der Waals surface area contributed by atoms with E-state index in [1.54, 1.807) is 12.1 Å². The summed E-state index contributed by atoms with van der Waals surface area (Å²) in [6, 6.07) is 10.4. The minimum Gasteiger partial charge on any atom is -0.325 e. The van der Waals surface area contributed by atoms with Crippen LogP contribution < -0.4 is 10.6 Å². The third-order valence-corrected chi connectivity index (χ3v) is 3.22. The van der Waals surface area contributed by atoms with Crippen LogP contribution in [-0.2, 0) is 16.0 Å². The molecule has 0 radical (unpaired) electrons. The number of carbonyl (C=O) groups is 2. The van der Waals surface area contributed by atoms with Crippen LogP contribution in [0.5, 0.6) is 0 Å². The molecule has 6 heteroatoms. The van der Waals surface area contributed by atoms with Crippen molar-refractivity contribution in [2.75, 3.05) is 10.6 Å². The van der Waals surface area contributed by atoms with Crippen molar-refractivity contribution in [2.45, 2.75) is 19.8 Å². The maximum Gasteiger partial charge on any atom is 0.233 e. The van der Waals surface area contributed by atoms with Crippen molar-refractivity contribution in [3.05, 3.63) is 59.7 Å². The van der Waals surface area contributed by atoms with Crippen LogP contribution in [0.3, 0.4) is 0 Å². The molecule has 0 heterocycles. The quantitative estimate of drug-likeness (QED) is 0.829. The number of hydrogen-bond donors (Lipinski definition) is 2. The second-order valence-electron chi connectivity index (χ2n) is 4.88. The van der Waals surface area contributed by atoms with Crippen LogP contribution in [0.15, 0.2) is 42.5 Å². The molecule has 0 spiro atoms. The third-order valence-electron chi connectivity index (χ3n) is 3.22. The van der Waals surface area contributed by atoms with Crippen molar-refractivity contribution in [2.24, 2.45) is 0 Å². The molecular weight excluding hydrogens is 302 g/mol. The third kappa shape index (κ3) is 4.35. The first-order valence-electron chi connectivity index (χ1n) is 7.13. The first-order chi connectivity index (χ1) is 11.0. The fourth-order valence-corrected chi connectivity index (χ4v) is 2.09. The van der Waals surface area contributed by atoms with Gasteiger partial charge in [-0.3, -0.25) is 9.59 Å². The molecule has 2 N–H and O–H groups in total. The number of para-hydroxylation sites is 2. The van der Waals surface area contributed by atoms with Gasteiger partial charge in [0.2, 0.25) is 11.8 Å². The Balaban J connectivity index is 1.99. The van der Waals surface area contributed by atoms with Gasteiger partial charge in [-0.2, -0.15) is 0 Å². The van der Waals surface area contributed by atoms with Gasteiger partial charge in [0, 0.05) is 5.69 Å². The van der Waals surface area contributed by atoms with Gasteiger partial charge in [-0.25, -0.2) is 8.78 Å². The van der Waals surface area contributed by atoms with E-state index in [4.69, 9.17) is 0 Å². The molecule has 2 aromatic carbocycles. The molecule has 23 heavy (non-hydrogen) atoms. The fourth-order valence-electron chi connectivity index (χ4n) is 2.09. The van der Waals surface area contributed by atoms with Crippen LogP contribution in [-0.4, -0.2) is 11.8 Å². The van der Waals surface area contributed by atoms with Crippen molar-refractivity contribution in [3.63, 3.8) is 0 Å². The van der Waals surface area contributed by atoms with Crippen LogP contribution in [0.25, 0.3) is 0 Å². The number of nitrogens with one attached hydrogen (secondary N) is 2. The lowest BCUT2D eigenvalue weighted by atomic mass is 10.1. The monoisotopic (exact) mass is 318 g/mol. The van der Waals surface area contributed by atoms with Gasteiger partial charge in [-0.15, -0.1) is 0 Å². The number of benzene rings is 2. The summed E-state index contributed by atoms with van der Waals surface area (Å²) in [5.74, 6) is -3.13. The van der Waals surface area contributed by atoms with Gasteiger partial charge in [0.1, 0.15) is 23.7 Å². The second-order valence-corrected chi connectivity index (χ2v) is 4.88. The summed E-state index contributed by atoms with van der Waals surface area (Å²) in [5.41, 5.74) is 0.991. The van der Waals surface area contributed by atoms with Crippen molar-refractivity contribution in [1.29, 1.82) is 0 Å². The average Bonchev–Trinajstić information content (AvgIpc) is 2.51. The largest absolute Gasteiger partial charge is 0.325 e. The number of rotatable bonds is 5.